The molecule has 0 aromatic heterocycles. The molecule has 1 fully saturated rings. The van der Waals surface area contributed by atoms with E-state index in [2.05, 4.69) is 22.8 Å². The number of nitrogens with one attached hydrogen (secondary N) is 2. The minimum absolute atomic E-state index is 0.0385. The van der Waals surface area contributed by atoms with E-state index in [9.17, 15) is 14.4 Å². The lowest BCUT2D eigenvalue weighted by Gasteiger charge is -2.15. The van der Waals surface area contributed by atoms with Crippen LogP contribution in [0.2, 0.25) is 0 Å². The maximum Gasteiger partial charge on any atom is 0.407 e. The third kappa shape index (κ3) is 4.15. The van der Waals surface area contributed by atoms with E-state index in [-0.39, 0.29) is 31.0 Å². The van der Waals surface area contributed by atoms with Gasteiger partial charge in [-0.15, -0.1) is 0 Å². The smallest absolute Gasteiger partial charge is 0.407 e. The molecule has 2 aliphatic carbocycles. The zero-order valence-electron chi connectivity index (χ0n) is 16.5. The Hall–Kier alpha value is -3.35. The number of alkyl carbamates (subject to hydrolysis) is 1. The van der Waals surface area contributed by atoms with E-state index in [0.29, 0.717) is 19.3 Å². The van der Waals surface area contributed by atoms with E-state index < -0.39 is 18.0 Å². The minimum atomic E-state index is -0.830. The first-order valence-electron chi connectivity index (χ1n) is 10.1. The molecule has 30 heavy (non-hydrogen) atoms. The second-order valence-corrected chi connectivity index (χ2v) is 7.79. The number of ether oxygens (including phenoxy) is 1. The van der Waals surface area contributed by atoms with E-state index >= 15 is 0 Å². The molecule has 0 saturated heterocycles. The number of aliphatic carboxylic acids is 1. The van der Waals surface area contributed by atoms with Crippen LogP contribution in [-0.2, 0) is 14.3 Å². The van der Waals surface area contributed by atoms with Crippen molar-refractivity contribution in [2.24, 2.45) is 5.92 Å². The molecule has 2 aromatic carbocycles. The van der Waals surface area contributed by atoms with Crippen LogP contribution >= 0.6 is 0 Å². The van der Waals surface area contributed by atoms with Crippen LogP contribution in [0.25, 0.3) is 11.1 Å². The van der Waals surface area contributed by atoms with Gasteiger partial charge in [0.1, 0.15) is 13.2 Å². The molecule has 7 heteroatoms. The number of carbonyl (C=O) groups is 3. The van der Waals surface area contributed by atoms with Crippen LogP contribution in [0.1, 0.15) is 36.3 Å². The molecule has 2 aliphatic rings. The normalized spacial score (nSPS) is 19.6. The minimum Gasteiger partial charge on any atom is -0.481 e. The third-order valence-corrected chi connectivity index (χ3v) is 5.88. The van der Waals surface area contributed by atoms with Gasteiger partial charge in [-0.2, -0.15) is 0 Å². The summed E-state index contributed by atoms with van der Waals surface area (Å²) in [6, 6.07) is 16.0. The van der Waals surface area contributed by atoms with Crippen LogP contribution in [0, 0.1) is 5.92 Å². The van der Waals surface area contributed by atoms with Gasteiger partial charge in [0.25, 0.3) is 0 Å². The summed E-state index contributed by atoms with van der Waals surface area (Å²) in [6.45, 7) is -0.0185. The lowest BCUT2D eigenvalue weighted by Crippen LogP contribution is -2.41. The highest BCUT2D eigenvalue weighted by Gasteiger charge is 2.31. The SMILES string of the molecule is O=C(CNC(=O)OCC1c2ccccc2-c2ccccc21)N[C@@H]1CC[C@H](C(=O)O)C1. The molecule has 1 saturated carbocycles. The molecule has 7 nitrogen and oxygen atoms in total. The van der Waals surface area contributed by atoms with Crippen molar-refractivity contribution in [2.45, 2.75) is 31.2 Å². The van der Waals surface area contributed by atoms with Gasteiger partial charge in [0.05, 0.1) is 5.92 Å². The Kier molecular flexibility index (Phi) is 5.70. The number of hydrogen-bond acceptors (Lipinski definition) is 4. The highest BCUT2D eigenvalue weighted by atomic mass is 16.5. The predicted molar refractivity (Wildman–Crippen MR) is 110 cm³/mol. The Balaban J connectivity index is 1.27. The van der Waals surface area contributed by atoms with E-state index in [1.807, 2.05) is 36.4 Å². The van der Waals surface area contributed by atoms with E-state index in [1.165, 1.54) is 0 Å². The Morgan fingerprint density at radius 1 is 0.967 bits per heavy atom. The third-order valence-electron chi connectivity index (χ3n) is 5.88. The van der Waals surface area contributed by atoms with Crippen molar-refractivity contribution < 1.29 is 24.2 Å². The molecular formula is C23H24N2O5. The van der Waals surface area contributed by atoms with Crippen LogP contribution in [0.3, 0.4) is 0 Å². The summed E-state index contributed by atoms with van der Waals surface area (Å²) in [5, 5.41) is 14.3. The van der Waals surface area contributed by atoms with Crippen LogP contribution in [0.15, 0.2) is 48.5 Å². The highest BCUT2D eigenvalue weighted by Crippen LogP contribution is 2.44. The maximum atomic E-state index is 12.1. The largest absolute Gasteiger partial charge is 0.481 e. The van der Waals surface area contributed by atoms with Crippen LogP contribution in [-0.4, -0.2) is 42.3 Å². The monoisotopic (exact) mass is 408 g/mol. The van der Waals surface area contributed by atoms with Gasteiger partial charge in [-0.25, -0.2) is 4.79 Å². The molecule has 0 heterocycles. The van der Waals surface area contributed by atoms with Gasteiger partial charge >= 0.3 is 12.1 Å². The number of benzene rings is 2. The van der Waals surface area contributed by atoms with E-state index in [0.717, 1.165) is 22.3 Å². The first kappa shape index (κ1) is 19.9. The number of carboxylic acid groups (broad SMARTS) is 1. The molecule has 0 bridgehead atoms. The quantitative estimate of drug-likeness (QED) is 0.682. The first-order valence-corrected chi connectivity index (χ1v) is 10.1. The predicted octanol–water partition coefficient (Wildman–Crippen LogP) is 2.89. The van der Waals surface area contributed by atoms with Crippen LogP contribution in [0.4, 0.5) is 4.79 Å². The summed E-state index contributed by atoms with van der Waals surface area (Å²) in [7, 11) is 0. The average Bonchev–Trinajstić information content (AvgIpc) is 3.34. The van der Waals surface area contributed by atoms with Gasteiger partial charge in [-0.1, -0.05) is 48.5 Å². The topological polar surface area (TPSA) is 105 Å². The second-order valence-electron chi connectivity index (χ2n) is 7.79. The fraction of sp³-hybridized carbons (Fsp3) is 0.348. The van der Waals surface area contributed by atoms with Gasteiger partial charge in [-0.05, 0) is 41.5 Å². The molecule has 156 valence electrons. The highest BCUT2D eigenvalue weighted by molar-refractivity contribution is 5.83. The second kappa shape index (κ2) is 8.57. The van der Waals surface area contributed by atoms with Crippen molar-refractivity contribution in [3.05, 3.63) is 59.7 Å². The van der Waals surface area contributed by atoms with Crippen molar-refractivity contribution in [2.75, 3.05) is 13.2 Å². The molecule has 0 aliphatic heterocycles. The zero-order valence-corrected chi connectivity index (χ0v) is 16.5. The summed E-state index contributed by atoms with van der Waals surface area (Å²) in [5.74, 6) is -1.63. The van der Waals surface area contributed by atoms with Crippen molar-refractivity contribution in [1.82, 2.24) is 10.6 Å². The molecule has 2 aromatic rings. The fourth-order valence-corrected chi connectivity index (χ4v) is 4.42. The van der Waals surface area contributed by atoms with Crippen LogP contribution in [0.5, 0.6) is 0 Å². The summed E-state index contributed by atoms with van der Waals surface area (Å²) >= 11 is 0. The zero-order chi connectivity index (χ0) is 21.1. The maximum absolute atomic E-state index is 12.1. The summed E-state index contributed by atoms with van der Waals surface area (Å²) in [6.07, 6.45) is 0.960. The summed E-state index contributed by atoms with van der Waals surface area (Å²) < 4.78 is 5.40. The lowest BCUT2D eigenvalue weighted by atomic mass is 9.98. The lowest BCUT2D eigenvalue weighted by molar-refractivity contribution is -0.141. The van der Waals surface area contributed by atoms with Crippen molar-refractivity contribution >= 4 is 18.0 Å². The number of hydrogen-bond donors (Lipinski definition) is 3. The van der Waals surface area contributed by atoms with E-state index in [1.54, 1.807) is 0 Å². The Morgan fingerprint density at radius 2 is 1.60 bits per heavy atom. The summed E-state index contributed by atoms with van der Waals surface area (Å²) in [4.78, 5) is 35.2. The van der Waals surface area contributed by atoms with Gasteiger partial charge in [0.15, 0.2) is 0 Å². The molecule has 0 radical (unpaired) electrons. The first-order chi connectivity index (χ1) is 14.5. The molecular weight excluding hydrogens is 384 g/mol. The van der Waals surface area contributed by atoms with Gasteiger partial charge in [-0.3, -0.25) is 9.59 Å². The standard InChI is InChI=1S/C23H24N2O5/c26-21(25-15-10-9-14(11-15)22(27)28)12-24-23(29)30-13-20-18-7-3-1-5-16(18)17-6-2-4-8-19(17)20/h1-8,14-15,20H,9-13H2,(H,24,29)(H,25,26)(H,27,28)/t14-,15+/m0/s1. The Morgan fingerprint density at radius 3 is 2.20 bits per heavy atom. The van der Waals surface area contributed by atoms with Crippen molar-refractivity contribution in [3.8, 4) is 11.1 Å². The number of carbonyl (C=O) groups excluding carboxylic acids is 2. The average molecular weight is 408 g/mol. The molecule has 0 unspecified atom stereocenters. The Labute approximate surface area is 174 Å². The number of fused-ring (bicyclic) bond motifs is 3. The van der Waals surface area contributed by atoms with E-state index in [4.69, 9.17) is 9.84 Å². The molecule has 0 spiro atoms. The fourth-order valence-electron chi connectivity index (χ4n) is 4.42. The number of rotatable bonds is 6. The number of carboxylic acids is 1. The van der Waals surface area contributed by atoms with Gasteiger partial charge in [0.2, 0.25) is 5.91 Å². The van der Waals surface area contributed by atoms with Gasteiger partial charge < -0.3 is 20.5 Å². The van der Waals surface area contributed by atoms with Crippen molar-refractivity contribution in [1.29, 1.82) is 0 Å². The van der Waals surface area contributed by atoms with Gasteiger partial charge in [0, 0.05) is 12.0 Å². The number of amides is 2. The molecule has 2 atom stereocenters. The summed E-state index contributed by atoms with van der Waals surface area (Å²) in [5.41, 5.74) is 4.55. The Bertz CT molecular complexity index is 928. The van der Waals surface area contributed by atoms with Crippen LogP contribution < -0.4 is 10.6 Å². The molecule has 2 amide bonds. The molecule has 3 N–H and O–H groups in total. The van der Waals surface area contributed by atoms with Crippen molar-refractivity contribution in [3.63, 3.8) is 0 Å². The molecule has 4 rings (SSSR count).